The minimum absolute atomic E-state index is 0.201. The Balaban J connectivity index is 2.89. The van der Waals surface area contributed by atoms with Crippen LogP contribution in [0.5, 0.6) is 0 Å². The number of hydrogen-bond donors (Lipinski definition) is 2. The van der Waals surface area contributed by atoms with Gasteiger partial charge in [-0.15, -0.1) is 0 Å². The SMILES string of the molecule is CNC1(C(=O)O)CCCC(N(CC(F)(F)F)C(C)C)C1. The van der Waals surface area contributed by atoms with E-state index in [0.717, 1.165) is 0 Å². The van der Waals surface area contributed by atoms with Crippen molar-refractivity contribution in [3.8, 4) is 0 Å². The van der Waals surface area contributed by atoms with Crippen LogP contribution in [-0.2, 0) is 4.79 Å². The molecular formula is C13H23F3N2O2. The number of rotatable bonds is 5. The van der Waals surface area contributed by atoms with Crippen LogP contribution < -0.4 is 5.32 Å². The van der Waals surface area contributed by atoms with Crippen molar-refractivity contribution < 1.29 is 23.1 Å². The van der Waals surface area contributed by atoms with Crippen LogP contribution in [0.1, 0.15) is 39.5 Å². The molecular weight excluding hydrogens is 273 g/mol. The predicted octanol–water partition coefficient (Wildman–Crippen LogP) is 2.24. The first-order valence-electron chi connectivity index (χ1n) is 6.86. The molecule has 1 rings (SSSR count). The number of alkyl halides is 3. The van der Waals surface area contributed by atoms with E-state index in [2.05, 4.69) is 5.32 Å². The van der Waals surface area contributed by atoms with E-state index in [1.165, 1.54) is 4.90 Å². The molecule has 0 aromatic carbocycles. The van der Waals surface area contributed by atoms with E-state index in [1.807, 2.05) is 0 Å². The molecule has 0 aromatic rings. The average molecular weight is 296 g/mol. The summed E-state index contributed by atoms with van der Waals surface area (Å²) in [6.45, 7) is 2.43. The maximum Gasteiger partial charge on any atom is 0.401 e. The van der Waals surface area contributed by atoms with Crippen molar-refractivity contribution in [1.82, 2.24) is 10.2 Å². The Hall–Kier alpha value is -0.820. The van der Waals surface area contributed by atoms with Gasteiger partial charge in [-0.05, 0) is 46.6 Å². The monoisotopic (exact) mass is 296 g/mol. The van der Waals surface area contributed by atoms with Gasteiger partial charge in [-0.3, -0.25) is 9.69 Å². The van der Waals surface area contributed by atoms with E-state index >= 15 is 0 Å². The second-order valence-electron chi connectivity index (χ2n) is 5.77. The topological polar surface area (TPSA) is 52.6 Å². The van der Waals surface area contributed by atoms with Crippen molar-refractivity contribution >= 4 is 5.97 Å². The van der Waals surface area contributed by atoms with Crippen LogP contribution >= 0.6 is 0 Å². The van der Waals surface area contributed by atoms with Gasteiger partial charge in [-0.25, -0.2) is 0 Å². The van der Waals surface area contributed by atoms with E-state index in [0.29, 0.717) is 19.3 Å². The highest BCUT2D eigenvalue weighted by atomic mass is 19.4. The number of carboxylic acids is 1. The summed E-state index contributed by atoms with van der Waals surface area (Å²) in [6, 6.07) is -0.642. The molecule has 0 radical (unpaired) electrons. The highest BCUT2D eigenvalue weighted by Crippen LogP contribution is 2.33. The highest BCUT2D eigenvalue weighted by molar-refractivity contribution is 5.79. The van der Waals surface area contributed by atoms with Crippen molar-refractivity contribution in [1.29, 1.82) is 0 Å². The van der Waals surface area contributed by atoms with Crippen molar-refractivity contribution in [2.75, 3.05) is 13.6 Å². The van der Waals surface area contributed by atoms with Crippen LogP contribution in [0.2, 0.25) is 0 Å². The van der Waals surface area contributed by atoms with E-state index in [4.69, 9.17) is 0 Å². The molecule has 2 N–H and O–H groups in total. The molecule has 20 heavy (non-hydrogen) atoms. The normalized spacial score (nSPS) is 28.1. The lowest BCUT2D eigenvalue weighted by molar-refractivity contribution is -0.161. The molecule has 0 heterocycles. The van der Waals surface area contributed by atoms with Crippen LogP contribution in [0, 0.1) is 0 Å². The van der Waals surface area contributed by atoms with Crippen molar-refractivity contribution in [3.05, 3.63) is 0 Å². The molecule has 2 atom stereocenters. The Morgan fingerprint density at radius 2 is 2.10 bits per heavy atom. The fourth-order valence-corrected chi connectivity index (χ4v) is 3.00. The average Bonchev–Trinajstić information content (AvgIpc) is 2.34. The molecule has 0 aromatic heterocycles. The summed E-state index contributed by atoms with van der Waals surface area (Å²) in [7, 11) is 1.56. The Morgan fingerprint density at radius 3 is 2.50 bits per heavy atom. The predicted molar refractivity (Wildman–Crippen MR) is 69.6 cm³/mol. The first-order valence-corrected chi connectivity index (χ1v) is 6.86. The van der Waals surface area contributed by atoms with Gasteiger partial charge in [-0.1, -0.05) is 0 Å². The fraction of sp³-hybridized carbons (Fsp3) is 0.923. The molecule has 4 nitrogen and oxygen atoms in total. The lowest BCUT2D eigenvalue weighted by Crippen LogP contribution is -2.58. The van der Waals surface area contributed by atoms with E-state index in [-0.39, 0.29) is 18.5 Å². The van der Waals surface area contributed by atoms with Gasteiger partial charge in [0.15, 0.2) is 0 Å². The summed E-state index contributed by atoms with van der Waals surface area (Å²) in [5, 5.41) is 12.2. The van der Waals surface area contributed by atoms with Gasteiger partial charge in [0.1, 0.15) is 5.54 Å². The second kappa shape index (κ2) is 6.30. The molecule has 0 aliphatic heterocycles. The summed E-state index contributed by atoms with van der Waals surface area (Å²) in [5.41, 5.74) is -1.11. The van der Waals surface area contributed by atoms with Gasteiger partial charge in [0.25, 0.3) is 0 Å². The van der Waals surface area contributed by atoms with Crippen LogP contribution in [0.15, 0.2) is 0 Å². The summed E-state index contributed by atoms with van der Waals surface area (Å²) in [4.78, 5) is 12.8. The van der Waals surface area contributed by atoms with Crippen molar-refractivity contribution in [2.45, 2.75) is 63.3 Å². The van der Waals surface area contributed by atoms with Gasteiger partial charge >= 0.3 is 12.1 Å². The number of carboxylic acid groups (broad SMARTS) is 1. The molecule has 0 saturated heterocycles. The zero-order valence-electron chi connectivity index (χ0n) is 12.1. The summed E-state index contributed by atoms with van der Waals surface area (Å²) in [6.07, 6.45) is -2.41. The Bertz CT molecular complexity index is 347. The number of nitrogens with zero attached hydrogens (tertiary/aromatic N) is 1. The van der Waals surface area contributed by atoms with Crippen LogP contribution in [0.4, 0.5) is 13.2 Å². The lowest BCUT2D eigenvalue weighted by atomic mass is 9.78. The maximum atomic E-state index is 12.7. The van der Waals surface area contributed by atoms with E-state index in [9.17, 15) is 23.1 Å². The number of nitrogens with one attached hydrogen (secondary N) is 1. The molecule has 2 unspecified atom stereocenters. The number of carbonyl (C=O) groups is 1. The summed E-state index contributed by atoms with van der Waals surface area (Å²) < 4.78 is 38.0. The van der Waals surface area contributed by atoms with Gasteiger partial charge in [0.2, 0.25) is 0 Å². The largest absolute Gasteiger partial charge is 0.480 e. The van der Waals surface area contributed by atoms with Crippen LogP contribution in [0.3, 0.4) is 0 Å². The molecule has 1 aliphatic carbocycles. The zero-order chi connectivity index (χ0) is 15.6. The third-order valence-corrected chi connectivity index (χ3v) is 4.11. The second-order valence-corrected chi connectivity index (χ2v) is 5.77. The molecule has 1 aliphatic rings. The first-order chi connectivity index (χ1) is 9.11. The smallest absolute Gasteiger partial charge is 0.401 e. The molecule has 1 saturated carbocycles. The standard InChI is InChI=1S/C13H23F3N2O2/c1-9(2)18(8-13(14,15)16)10-5-4-6-12(7-10,17-3)11(19)20/h9-10,17H,4-8H2,1-3H3,(H,19,20). The zero-order valence-corrected chi connectivity index (χ0v) is 12.1. The van der Waals surface area contributed by atoms with E-state index < -0.39 is 24.2 Å². The Labute approximate surface area is 117 Å². The van der Waals surface area contributed by atoms with E-state index in [1.54, 1.807) is 20.9 Å². The maximum absolute atomic E-state index is 12.7. The summed E-state index contributed by atoms with van der Waals surface area (Å²) in [5.74, 6) is -0.986. The van der Waals surface area contributed by atoms with Gasteiger partial charge in [0, 0.05) is 12.1 Å². The van der Waals surface area contributed by atoms with Gasteiger partial charge in [0.05, 0.1) is 6.54 Å². The van der Waals surface area contributed by atoms with Crippen molar-refractivity contribution in [3.63, 3.8) is 0 Å². The molecule has 0 spiro atoms. The minimum Gasteiger partial charge on any atom is -0.480 e. The number of halogens is 3. The molecule has 0 amide bonds. The number of hydrogen-bond acceptors (Lipinski definition) is 3. The van der Waals surface area contributed by atoms with Gasteiger partial charge in [-0.2, -0.15) is 13.2 Å². The third kappa shape index (κ3) is 4.09. The molecule has 0 bridgehead atoms. The van der Waals surface area contributed by atoms with Crippen LogP contribution in [0.25, 0.3) is 0 Å². The minimum atomic E-state index is -4.27. The molecule has 7 heteroatoms. The lowest BCUT2D eigenvalue weighted by Gasteiger charge is -2.44. The number of aliphatic carboxylic acids is 1. The quantitative estimate of drug-likeness (QED) is 0.817. The molecule has 1 fully saturated rings. The third-order valence-electron chi connectivity index (χ3n) is 4.11. The number of likely N-dealkylation sites (N-methyl/N-ethyl adjacent to an activating group) is 1. The fourth-order valence-electron chi connectivity index (χ4n) is 3.00. The Kier molecular flexibility index (Phi) is 5.43. The molecule has 118 valence electrons. The Morgan fingerprint density at radius 1 is 1.50 bits per heavy atom. The highest BCUT2D eigenvalue weighted by Gasteiger charge is 2.45. The first kappa shape index (κ1) is 17.2. The van der Waals surface area contributed by atoms with Gasteiger partial charge < -0.3 is 10.4 Å². The van der Waals surface area contributed by atoms with Crippen molar-refractivity contribution in [2.24, 2.45) is 0 Å². The van der Waals surface area contributed by atoms with Crippen LogP contribution in [-0.4, -0.2) is 53.4 Å². The summed E-state index contributed by atoms with van der Waals surface area (Å²) >= 11 is 0.